The molecule has 0 spiro atoms. The van der Waals surface area contributed by atoms with E-state index in [0.717, 1.165) is 4.47 Å². The monoisotopic (exact) mass is 359 g/mol. The standard InChI is InChI=1S/C13H8BrCl2NO2/c14-8-4-6-9(7-5-8)19-13(18)17-12-10(15)2-1-3-11(12)16/h1-7H,(H,17,18). The van der Waals surface area contributed by atoms with E-state index in [1.807, 2.05) is 0 Å². The Balaban J connectivity index is 2.07. The summed E-state index contributed by atoms with van der Waals surface area (Å²) in [5.41, 5.74) is 0.327. The molecule has 2 aromatic rings. The van der Waals surface area contributed by atoms with Crippen molar-refractivity contribution >= 4 is 50.9 Å². The molecule has 1 N–H and O–H groups in total. The van der Waals surface area contributed by atoms with Crippen LogP contribution in [0.25, 0.3) is 0 Å². The molecular weight excluding hydrogens is 353 g/mol. The number of hydrogen-bond acceptors (Lipinski definition) is 2. The van der Waals surface area contributed by atoms with Crippen molar-refractivity contribution in [2.24, 2.45) is 0 Å². The van der Waals surface area contributed by atoms with Gasteiger partial charge in [-0.1, -0.05) is 45.2 Å². The molecule has 2 aromatic carbocycles. The molecule has 0 unspecified atom stereocenters. The predicted octanol–water partition coefficient (Wildman–Crippen LogP) is 5.37. The molecule has 1 amide bonds. The summed E-state index contributed by atoms with van der Waals surface area (Å²) in [4.78, 5) is 11.7. The quantitative estimate of drug-likeness (QED) is 0.782. The Bertz CT molecular complexity index is 582. The minimum atomic E-state index is -0.655. The number of carbonyl (C=O) groups excluding carboxylic acids is 1. The van der Waals surface area contributed by atoms with Gasteiger partial charge < -0.3 is 4.74 Å². The number of para-hydroxylation sites is 1. The van der Waals surface area contributed by atoms with Gasteiger partial charge in [0.1, 0.15) is 5.75 Å². The number of hydrogen-bond donors (Lipinski definition) is 1. The number of anilines is 1. The maximum absolute atomic E-state index is 11.7. The van der Waals surface area contributed by atoms with Crippen LogP contribution < -0.4 is 10.1 Å². The topological polar surface area (TPSA) is 38.3 Å². The highest BCUT2D eigenvalue weighted by atomic mass is 79.9. The average Bonchev–Trinajstić information content (AvgIpc) is 2.37. The second kappa shape index (κ2) is 6.28. The lowest BCUT2D eigenvalue weighted by molar-refractivity contribution is 0.215. The Morgan fingerprint density at radius 2 is 1.63 bits per heavy atom. The average molecular weight is 361 g/mol. The highest BCUT2D eigenvalue weighted by Crippen LogP contribution is 2.30. The van der Waals surface area contributed by atoms with Crippen molar-refractivity contribution in [1.82, 2.24) is 0 Å². The van der Waals surface area contributed by atoms with Crippen LogP contribution in [-0.2, 0) is 0 Å². The van der Waals surface area contributed by atoms with Crippen LogP contribution in [0.15, 0.2) is 46.9 Å². The highest BCUT2D eigenvalue weighted by Gasteiger charge is 2.11. The molecule has 0 saturated carbocycles. The van der Waals surface area contributed by atoms with Gasteiger partial charge in [-0.3, -0.25) is 5.32 Å². The Morgan fingerprint density at radius 3 is 2.21 bits per heavy atom. The number of amides is 1. The molecule has 6 heteroatoms. The molecule has 0 heterocycles. The van der Waals surface area contributed by atoms with E-state index in [1.165, 1.54) is 0 Å². The van der Waals surface area contributed by atoms with E-state index in [2.05, 4.69) is 21.2 Å². The maximum Gasteiger partial charge on any atom is 0.417 e. The fourth-order valence-corrected chi connectivity index (χ4v) is 2.11. The van der Waals surface area contributed by atoms with Crippen molar-refractivity contribution in [1.29, 1.82) is 0 Å². The first-order valence-electron chi connectivity index (χ1n) is 5.24. The summed E-state index contributed by atoms with van der Waals surface area (Å²) in [5, 5.41) is 3.20. The minimum absolute atomic E-state index is 0.327. The van der Waals surface area contributed by atoms with Crippen LogP contribution in [0.3, 0.4) is 0 Å². The molecule has 0 aliphatic rings. The number of benzene rings is 2. The summed E-state index contributed by atoms with van der Waals surface area (Å²) in [5.74, 6) is 0.420. The first-order chi connectivity index (χ1) is 9.06. The molecule has 0 bridgehead atoms. The van der Waals surface area contributed by atoms with E-state index in [1.54, 1.807) is 42.5 Å². The van der Waals surface area contributed by atoms with Gasteiger partial charge in [0.05, 0.1) is 15.7 Å². The molecule has 0 aliphatic heterocycles. The van der Waals surface area contributed by atoms with Gasteiger partial charge in [0.25, 0.3) is 0 Å². The normalized spacial score (nSPS) is 10.1. The van der Waals surface area contributed by atoms with Crippen LogP contribution in [0, 0.1) is 0 Å². The molecule has 0 radical (unpaired) electrons. The van der Waals surface area contributed by atoms with Crippen molar-refractivity contribution in [2.45, 2.75) is 0 Å². The van der Waals surface area contributed by atoms with E-state index in [0.29, 0.717) is 21.5 Å². The van der Waals surface area contributed by atoms with E-state index >= 15 is 0 Å². The van der Waals surface area contributed by atoms with Crippen LogP contribution in [-0.4, -0.2) is 6.09 Å². The number of halogens is 3. The predicted molar refractivity (Wildman–Crippen MR) is 80.3 cm³/mol. The molecular formula is C13H8BrCl2NO2. The lowest BCUT2D eigenvalue weighted by Gasteiger charge is -2.09. The molecule has 0 fully saturated rings. The Kier molecular flexibility index (Phi) is 4.69. The third kappa shape index (κ3) is 3.86. The van der Waals surface area contributed by atoms with Crippen molar-refractivity contribution < 1.29 is 9.53 Å². The van der Waals surface area contributed by atoms with Crippen molar-refractivity contribution in [3.63, 3.8) is 0 Å². The van der Waals surface area contributed by atoms with Gasteiger partial charge in [-0.15, -0.1) is 0 Å². The Hall–Kier alpha value is -1.23. The first-order valence-corrected chi connectivity index (χ1v) is 6.79. The van der Waals surface area contributed by atoms with Crippen molar-refractivity contribution in [3.8, 4) is 5.75 Å². The van der Waals surface area contributed by atoms with Crippen LogP contribution in [0.5, 0.6) is 5.75 Å². The van der Waals surface area contributed by atoms with Gasteiger partial charge in [0, 0.05) is 4.47 Å². The summed E-state index contributed by atoms with van der Waals surface area (Å²) < 4.78 is 5.99. The van der Waals surface area contributed by atoms with Gasteiger partial charge in [-0.2, -0.15) is 0 Å². The largest absolute Gasteiger partial charge is 0.417 e. The molecule has 0 aromatic heterocycles. The smallest absolute Gasteiger partial charge is 0.410 e. The summed E-state index contributed by atoms with van der Waals surface area (Å²) in [7, 11) is 0. The number of nitrogens with one attached hydrogen (secondary N) is 1. The van der Waals surface area contributed by atoms with E-state index in [-0.39, 0.29) is 0 Å². The van der Waals surface area contributed by atoms with Gasteiger partial charge in [0.15, 0.2) is 0 Å². The Morgan fingerprint density at radius 1 is 1.05 bits per heavy atom. The molecule has 0 saturated heterocycles. The van der Waals surface area contributed by atoms with Crippen LogP contribution in [0.2, 0.25) is 10.0 Å². The van der Waals surface area contributed by atoms with Crippen molar-refractivity contribution in [3.05, 3.63) is 57.0 Å². The lowest BCUT2D eigenvalue weighted by Crippen LogP contribution is -2.17. The Labute approximate surface area is 128 Å². The summed E-state index contributed by atoms with van der Waals surface area (Å²) in [6, 6.07) is 11.8. The number of ether oxygens (including phenoxy) is 1. The summed E-state index contributed by atoms with van der Waals surface area (Å²) >= 11 is 15.2. The van der Waals surface area contributed by atoms with Crippen LogP contribution in [0.4, 0.5) is 10.5 Å². The number of carbonyl (C=O) groups is 1. The highest BCUT2D eigenvalue weighted by molar-refractivity contribution is 9.10. The van der Waals surface area contributed by atoms with Gasteiger partial charge >= 0.3 is 6.09 Å². The zero-order valence-corrected chi connectivity index (χ0v) is 12.6. The van der Waals surface area contributed by atoms with Crippen molar-refractivity contribution in [2.75, 3.05) is 5.32 Å². The molecule has 3 nitrogen and oxygen atoms in total. The molecule has 0 atom stereocenters. The zero-order valence-electron chi connectivity index (χ0n) is 9.49. The minimum Gasteiger partial charge on any atom is -0.410 e. The second-order valence-corrected chi connectivity index (χ2v) is 5.30. The first kappa shape index (κ1) is 14.2. The second-order valence-electron chi connectivity index (χ2n) is 3.57. The lowest BCUT2D eigenvalue weighted by atomic mass is 10.3. The van der Waals surface area contributed by atoms with Gasteiger partial charge in [-0.25, -0.2) is 4.79 Å². The number of rotatable bonds is 2. The molecule has 2 rings (SSSR count). The molecule has 98 valence electrons. The summed E-state index contributed by atoms with van der Waals surface area (Å²) in [6.07, 6.45) is -0.655. The van der Waals surface area contributed by atoms with E-state index in [9.17, 15) is 4.79 Å². The fraction of sp³-hybridized carbons (Fsp3) is 0. The van der Waals surface area contributed by atoms with Crippen LogP contribution in [0.1, 0.15) is 0 Å². The van der Waals surface area contributed by atoms with Gasteiger partial charge in [-0.05, 0) is 36.4 Å². The van der Waals surface area contributed by atoms with E-state index in [4.69, 9.17) is 27.9 Å². The third-order valence-electron chi connectivity index (χ3n) is 2.21. The van der Waals surface area contributed by atoms with E-state index < -0.39 is 6.09 Å². The maximum atomic E-state index is 11.7. The zero-order chi connectivity index (χ0) is 13.8. The van der Waals surface area contributed by atoms with Crippen LogP contribution >= 0.6 is 39.1 Å². The SMILES string of the molecule is O=C(Nc1c(Cl)cccc1Cl)Oc1ccc(Br)cc1. The fourth-order valence-electron chi connectivity index (χ4n) is 1.35. The third-order valence-corrected chi connectivity index (χ3v) is 3.37. The molecule has 0 aliphatic carbocycles. The molecule has 19 heavy (non-hydrogen) atoms. The van der Waals surface area contributed by atoms with Gasteiger partial charge in [0.2, 0.25) is 0 Å². The summed E-state index contributed by atoms with van der Waals surface area (Å²) in [6.45, 7) is 0.